The molecule has 4 rings (SSSR count). The largest absolute Gasteiger partial charge is 0.411 e. The van der Waals surface area contributed by atoms with Crippen molar-refractivity contribution in [3.63, 3.8) is 0 Å². The number of nitrogen functional groups attached to an aromatic ring is 1. The fourth-order valence-electron chi connectivity index (χ4n) is 3.90. The van der Waals surface area contributed by atoms with Gasteiger partial charge in [-0.1, -0.05) is 30.2 Å². The number of aromatic nitrogens is 4. The summed E-state index contributed by atoms with van der Waals surface area (Å²) in [5, 5.41) is 30.5. The molecule has 0 saturated carbocycles. The summed E-state index contributed by atoms with van der Waals surface area (Å²) in [5.74, 6) is -6.06. The summed E-state index contributed by atoms with van der Waals surface area (Å²) >= 11 is 0. The van der Waals surface area contributed by atoms with Crippen LogP contribution in [0.2, 0.25) is 0 Å². The van der Waals surface area contributed by atoms with E-state index in [1.54, 1.807) is 35.3 Å². The van der Waals surface area contributed by atoms with Crippen LogP contribution in [0.5, 0.6) is 0 Å². The van der Waals surface area contributed by atoms with Gasteiger partial charge >= 0.3 is 23.6 Å². The molecule has 3 aromatic rings. The van der Waals surface area contributed by atoms with Crippen molar-refractivity contribution in [1.82, 2.24) is 20.0 Å². The highest BCUT2D eigenvalue weighted by molar-refractivity contribution is 6.02. The summed E-state index contributed by atoms with van der Waals surface area (Å²) in [6.07, 6.45) is 3.03. The van der Waals surface area contributed by atoms with E-state index in [1.807, 2.05) is 18.3 Å². The van der Waals surface area contributed by atoms with Crippen molar-refractivity contribution >= 4 is 29.2 Å². The molecule has 5 N–H and O–H groups in total. The van der Waals surface area contributed by atoms with E-state index in [0.29, 0.717) is 25.1 Å². The van der Waals surface area contributed by atoms with Gasteiger partial charge in [-0.05, 0) is 37.1 Å². The lowest BCUT2D eigenvalue weighted by Crippen LogP contribution is -2.49. The van der Waals surface area contributed by atoms with Crippen molar-refractivity contribution in [3.05, 3.63) is 55.0 Å². The van der Waals surface area contributed by atoms with Crippen molar-refractivity contribution in [2.24, 2.45) is 0 Å². The number of benzene rings is 1. The first-order chi connectivity index (χ1) is 18.3. The maximum Gasteiger partial charge on any atom is 0.342 e. The summed E-state index contributed by atoms with van der Waals surface area (Å²) in [5.41, 5.74) is 7.91. The first-order valence-corrected chi connectivity index (χ1v) is 12.1. The normalized spacial score (nSPS) is 21.3. The van der Waals surface area contributed by atoms with Crippen LogP contribution in [0.3, 0.4) is 0 Å². The summed E-state index contributed by atoms with van der Waals surface area (Å²) in [7, 11) is 0. The summed E-state index contributed by atoms with van der Waals surface area (Å²) < 4.78 is 12.1. The molecule has 1 aromatic carbocycles. The fraction of sp³-hybridized carbons (Fsp3) is 0.360. The number of amides is 1. The topological polar surface area (TPSA) is 192 Å². The van der Waals surface area contributed by atoms with E-state index in [0.717, 1.165) is 18.4 Å². The number of cyclic esters (lactones) is 2. The van der Waals surface area contributed by atoms with Gasteiger partial charge in [0.1, 0.15) is 5.69 Å². The molecule has 13 heteroatoms. The molecule has 2 aromatic heterocycles. The first-order valence-electron chi connectivity index (χ1n) is 12.1. The smallest absolute Gasteiger partial charge is 0.342 e. The van der Waals surface area contributed by atoms with Gasteiger partial charge in [0.15, 0.2) is 12.2 Å². The molecule has 1 saturated heterocycles. The van der Waals surface area contributed by atoms with Crippen LogP contribution in [-0.4, -0.2) is 66.0 Å². The van der Waals surface area contributed by atoms with Crippen molar-refractivity contribution in [2.75, 3.05) is 11.1 Å². The van der Waals surface area contributed by atoms with Gasteiger partial charge < -0.3 is 30.7 Å². The molecule has 38 heavy (non-hydrogen) atoms. The summed E-state index contributed by atoms with van der Waals surface area (Å²) in [6, 6.07) is 10.1. The summed E-state index contributed by atoms with van der Waals surface area (Å²) in [6.45, 7) is 0.606. The van der Waals surface area contributed by atoms with Crippen LogP contribution in [0.15, 0.2) is 55.0 Å². The molecule has 0 bridgehead atoms. The highest BCUT2D eigenvalue weighted by Crippen LogP contribution is 2.30. The summed E-state index contributed by atoms with van der Waals surface area (Å²) in [4.78, 5) is 41.9. The number of para-hydroxylation sites is 2. The van der Waals surface area contributed by atoms with Crippen LogP contribution >= 0.6 is 0 Å². The third kappa shape index (κ3) is 6.12. The molecule has 1 fully saturated rings. The molecular weight excluding hydrogens is 496 g/mol. The van der Waals surface area contributed by atoms with Crippen molar-refractivity contribution in [2.45, 2.75) is 56.6 Å². The molecule has 1 amide bonds. The monoisotopic (exact) mass is 524 g/mol. The minimum absolute atomic E-state index is 0.197. The number of anilines is 2. The minimum atomic E-state index is -2.39. The number of nitrogens with two attached hydrogens (primary N) is 1. The van der Waals surface area contributed by atoms with E-state index in [4.69, 9.17) is 15.2 Å². The molecule has 2 unspecified atom stereocenters. The van der Waals surface area contributed by atoms with Crippen LogP contribution in [0.1, 0.15) is 32.1 Å². The zero-order valence-electron chi connectivity index (χ0n) is 20.4. The lowest BCUT2D eigenvalue weighted by atomic mass is 10.0. The zero-order valence-corrected chi connectivity index (χ0v) is 20.4. The van der Waals surface area contributed by atoms with Gasteiger partial charge in [0.05, 0.1) is 17.6 Å². The first kappa shape index (κ1) is 26.7. The van der Waals surface area contributed by atoms with Crippen LogP contribution < -0.4 is 11.1 Å². The molecule has 200 valence electrons. The molecule has 1 aliphatic heterocycles. The number of aliphatic hydroxyl groups is 2. The number of nitrogens with one attached hydrogen (secondary N) is 1. The second kappa shape index (κ2) is 11.8. The number of carbonyl (C=O) groups excluding carboxylic acids is 3. The number of ether oxygens (including phenoxy) is 2. The SMILES string of the molecule is Nc1ccccc1NC(=O)C1(CCCCCCn2cc(-c3cccnc3)nn2)OC(=O)C(O)C(O)C(=O)O1. The number of hydrogen-bond donors (Lipinski definition) is 4. The van der Waals surface area contributed by atoms with E-state index < -0.39 is 35.8 Å². The molecule has 0 aliphatic carbocycles. The van der Waals surface area contributed by atoms with Crippen molar-refractivity contribution in [3.8, 4) is 11.3 Å². The number of nitrogens with zero attached hydrogens (tertiary/aromatic N) is 4. The number of esters is 2. The van der Waals surface area contributed by atoms with Crippen LogP contribution in [0, 0.1) is 0 Å². The number of pyridine rings is 1. The Morgan fingerprint density at radius 3 is 2.42 bits per heavy atom. The van der Waals surface area contributed by atoms with Gasteiger partial charge in [-0.25, -0.2) is 9.59 Å². The Labute approximate surface area is 217 Å². The molecule has 3 heterocycles. The van der Waals surface area contributed by atoms with Crippen molar-refractivity contribution < 1.29 is 34.1 Å². The Balaban J connectivity index is 1.36. The molecular formula is C25H28N6O7. The third-order valence-electron chi connectivity index (χ3n) is 6.01. The standard InChI is InChI=1S/C25H28N6O7/c26-17-9-3-4-10-18(17)28-24(36)25(37-22(34)20(32)21(33)23(35)38-25)11-5-1-2-6-13-31-15-19(29-30-31)16-8-7-12-27-14-16/h3-4,7-10,12,14-15,20-21,32-33H,1-2,5-6,11,13,26H2,(H,28,36). The number of aliphatic hydroxyl groups excluding tert-OH is 2. The average Bonchev–Trinajstić information content (AvgIpc) is 3.37. The molecule has 0 radical (unpaired) electrons. The van der Waals surface area contributed by atoms with Gasteiger partial charge in [0, 0.05) is 30.9 Å². The molecule has 1 aliphatic rings. The number of hydrogen-bond acceptors (Lipinski definition) is 11. The number of carbonyl (C=O) groups is 3. The quantitative estimate of drug-likeness (QED) is 0.168. The predicted octanol–water partition coefficient (Wildman–Crippen LogP) is 1.03. The molecule has 2 atom stereocenters. The number of unbranched alkanes of at least 4 members (excludes halogenated alkanes) is 3. The Morgan fingerprint density at radius 1 is 1.03 bits per heavy atom. The maximum absolute atomic E-state index is 13.2. The van der Waals surface area contributed by atoms with E-state index in [-0.39, 0.29) is 17.8 Å². The van der Waals surface area contributed by atoms with Crippen molar-refractivity contribution in [1.29, 1.82) is 0 Å². The maximum atomic E-state index is 13.2. The second-order valence-electron chi connectivity index (χ2n) is 8.80. The minimum Gasteiger partial charge on any atom is -0.411 e. The van der Waals surface area contributed by atoms with E-state index in [9.17, 15) is 24.6 Å². The van der Waals surface area contributed by atoms with Gasteiger partial charge in [0.25, 0.3) is 0 Å². The predicted molar refractivity (Wildman–Crippen MR) is 133 cm³/mol. The number of aryl methyl sites for hydroxylation is 1. The van der Waals surface area contributed by atoms with Crippen LogP contribution in [0.4, 0.5) is 11.4 Å². The number of rotatable bonds is 10. The van der Waals surface area contributed by atoms with Gasteiger partial charge in [-0.15, -0.1) is 5.10 Å². The third-order valence-corrected chi connectivity index (χ3v) is 6.01. The lowest BCUT2D eigenvalue weighted by molar-refractivity contribution is -0.223. The Morgan fingerprint density at radius 2 is 1.74 bits per heavy atom. The van der Waals surface area contributed by atoms with Gasteiger partial charge in [-0.3, -0.25) is 14.5 Å². The van der Waals surface area contributed by atoms with E-state index in [1.165, 1.54) is 6.07 Å². The second-order valence-corrected chi connectivity index (χ2v) is 8.80. The van der Waals surface area contributed by atoms with Gasteiger partial charge in [-0.2, -0.15) is 0 Å². The highest BCUT2D eigenvalue weighted by atomic mass is 16.8. The molecule has 13 nitrogen and oxygen atoms in total. The van der Waals surface area contributed by atoms with Crippen LogP contribution in [-0.2, 0) is 30.4 Å². The van der Waals surface area contributed by atoms with E-state index >= 15 is 0 Å². The highest BCUT2D eigenvalue weighted by Gasteiger charge is 2.53. The Bertz CT molecular complexity index is 1260. The Hall–Kier alpha value is -4.36. The molecule has 0 spiro atoms. The van der Waals surface area contributed by atoms with Crippen LogP contribution in [0.25, 0.3) is 11.3 Å². The van der Waals surface area contributed by atoms with Gasteiger partial charge in [0.2, 0.25) is 0 Å². The fourth-order valence-corrected chi connectivity index (χ4v) is 3.90. The van der Waals surface area contributed by atoms with E-state index in [2.05, 4.69) is 20.6 Å². The average molecular weight is 525 g/mol. The zero-order chi connectivity index (χ0) is 27.1. The lowest BCUT2D eigenvalue weighted by Gasteiger charge is -2.30. The Kier molecular flexibility index (Phi) is 8.28.